The number of benzene rings is 1. The van der Waals surface area contributed by atoms with Crippen LogP contribution < -0.4 is 5.56 Å². The van der Waals surface area contributed by atoms with Gasteiger partial charge in [-0.3, -0.25) is 9.69 Å². The van der Waals surface area contributed by atoms with Crippen molar-refractivity contribution in [3.63, 3.8) is 0 Å². The van der Waals surface area contributed by atoms with E-state index in [0.29, 0.717) is 11.7 Å². The number of H-pyrrole nitrogens is 2. The van der Waals surface area contributed by atoms with Gasteiger partial charge < -0.3 is 9.97 Å². The molecule has 3 aromatic rings. The van der Waals surface area contributed by atoms with E-state index in [9.17, 15) is 4.79 Å². The molecule has 0 unspecified atom stereocenters. The van der Waals surface area contributed by atoms with Crippen molar-refractivity contribution in [2.24, 2.45) is 0 Å². The quantitative estimate of drug-likeness (QED) is 0.759. The van der Waals surface area contributed by atoms with Gasteiger partial charge in [0.1, 0.15) is 5.82 Å². The number of rotatable bonds is 3. The van der Waals surface area contributed by atoms with Crippen molar-refractivity contribution < 1.29 is 0 Å². The van der Waals surface area contributed by atoms with Crippen LogP contribution >= 0.6 is 0 Å². The summed E-state index contributed by atoms with van der Waals surface area (Å²) in [7, 11) is 0. The number of likely N-dealkylation sites (tertiary alicyclic amines) is 1. The van der Waals surface area contributed by atoms with E-state index < -0.39 is 0 Å². The largest absolute Gasteiger partial charge is 0.358 e. The smallest absolute Gasteiger partial charge is 0.251 e. The second-order valence-electron chi connectivity index (χ2n) is 7.52. The number of hydrogen-bond acceptors (Lipinski definition) is 3. The summed E-state index contributed by atoms with van der Waals surface area (Å²) in [4.78, 5) is 25.0. The Labute approximate surface area is 153 Å². The van der Waals surface area contributed by atoms with Gasteiger partial charge in [0.25, 0.3) is 5.56 Å². The lowest BCUT2D eigenvalue weighted by Crippen LogP contribution is -2.33. The van der Waals surface area contributed by atoms with Crippen molar-refractivity contribution >= 4 is 10.9 Å². The van der Waals surface area contributed by atoms with Gasteiger partial charge in [-0.05, 0) is 57.8 Å². The minimum Gasteiger partial charge on any atom is -0.358 e. The van der Waals surface area contributed by atoms with E-state index in [1.165, 1.54) is 27.7 Å². The van der Waals surface area contributed by atoms with Gasteiger partial charge in [-0.2, -0.15) is 0 Å². The molecule has 0 bridgehead atoms. The predicted molar refractivity (Wildman–Crippen MR) is 105 cm³/mol. The average Bonchev–Trinajstić information content (AvgIpc) is 2.91. The fourth-order valence-corrected chi connectivity index (χ4v) is 4.11. The molecule has 0 radical (unpaired) electrons. The lowest BCUT2D eigenvalue weighted by atomic mass is 9.93. The summed E-state index contributed by atoms with van der Waals surface area (Å²) < 4.78 is 0. The molecule has 5 nitrogen and oxygen atoms in total. The van der Waals surface area contributed by atoms with Crippen LogP contribution in [0.3, 0.4) is 0 Å². The van der Waals surface area contributed by atoms with Gasteiger partial charge >= 0.3 is 0 Å². The second kappa shape index (κ2) is 6.72. The van der Waals surface area contributed by atoms with E-state index in [2.05, 4.69) is 51.9 Å². The van der Waals surface area contributed by atoms with Crippen molar-refractivity contribution in [2.75, 3.05) is 13.1 Å². The van der Waals surface area contributed by atoms with E-state index in [0.717, 1.165) is 38.2 Å². The molecule has 3 heterocycles. The molecule has 1 aliphatic rings. The highest BCUT2D eigenvalue weighted by Gasteiger charge is 2.23. The number of hydrogen-bond donors (Lipinski definition) is 2. The third-order valence-corrected chi connectivity index (χ3v) is 5.71. The molecule has 0 aliphatic carbocycles. The zero-order valence-electron chi connectivity index (χ0n) is 15.7. The molecule has 0 amide bonds. The third-order valence-electron chi connectivity index (χ3n) is 5.71. The van der Waals surface area contributed by atoms with Gasteiger partial charge in [0.2, 0.25) is 0 Å². The minimum atomic E-state index is -0.0425. The van der Waals surface area contributed by atoms with Gasteiger partial charge in [0.05, 0.1) is 11.2 Å². The van der Waals surface area contributed by atoms with Crippen molar-refractivity contribution in [2.45, 2.75) is 46.1 Å². The first-order chi connectivity index (χ1) is 12.5. The predicted octanol–water partition coefficient (Wildman–Crippen LogP) is 3.56. The van der Waals surface area contributed by atoms with Crippen LogP contribution in [0.4, 0.5) is 0 Å². The third kappa shape index (κ3) is 3.19. The SMILES string of the molecule is Cc1nc(C2CCN(Cc3cccc4c(C)c(C)[nH]c34)CC2)cc(=O)[nH]1. The molecule has 26 heavy (non-hydrogen) atoms. The molecule has 0 saturated carbocycles. The molecule has 136 valence electrons. The Morgan fingerprint density at radius 1 is 1.15 bits per heavy atom. The van der Waals surface area contributed by atoms with Crippen LogP contribution in [0.5, 0.6) is 0 Å². The first kappa shape index (κ1) is 17.0. The van der Waals surface area contributed by atoms with E-state index in [1.807, 2.05) is 6.92 Å². The summed E-state index contributed by atoms with van der Waals surface area (Å²) in [5, 5.41) is 1.33. The van der Waals surface area contributed by atoms with E-state index in [1.54, 1.807) is 6.07 Å². The molecule has 2 aromatic heterocycles. The van der Waals surface area contributed by atoms with Crippen LogP contribution in [-0.4, -0.2) is 32.9 Å². The fourth-order valence-electron chi connectivity index (χ4n) is 4.11. The standard InChI is InChI=1S/C21H26N4O/c1-13-14(2)22-21-17(5-4-6-18(13)21)12-25-9-7-16(8-10-25)19-11-20(26)24-15(3)23-19/h4-6,11,16,22H,7-10,12H2,1-3H3,(H,23,24,26). The molecule has 1 aromatic carbocycles. The Morgan fingerprint density at radius 3 is 2.65 bits per heavy atom. The van der Waals surface area contributed by atoms with Crippen molar-refractivity contribution in [1.82, 2.24) is 19.9 Å². The summed E-state index contributed by atoms with van der Waals surface area (Å²) in [6, 6.07) is 8.25. The van der Waals surface area contributed by atoms with Gasteiger partial charge in [-0.15, -0.1) is 0 Å². The normalized spacial score (nSPS) is 16.4. The number of piperidine rings is 1. The number of para-hydroxylation sites is 1. The summed E-state index contributed by atoms with van der Waals surface area (Å²) in [5.74, 6) is 1.09. The lowest BCUT2D eigenvalue weighted by Gasteiger charge is -2.31. The maximum Gasteiger partial charge on any atom is 0.251 e. The second-order valence-corrected chi connectivity index (χ2v) is 7.52. The van der Waals surface area contributed by atoms with Crippen molar-refractivity contribution in [1.29, 1.82) is 0 Å². The molecule has 0 atom stereocenters. The maximum absolute atomic E-state index is 11.7. The molecule has 5 heteroatoms. The van der Waals surface area contributed by atoms with Crippen LogP contribution in [0, 0.1) is 20.8 Å². The van der Waals surface area contributed by atoms with Gasteiger partial charge in [0.15, 0.2) is 0 Å². The van der Waals surface area contributed by atoms with Crippen LogP contribution in [0.15, 0.2) is 29.1 Å². The molecular weight excluding hydrogens is 324 g/mol. The van der Waals surface area contributed by atoms with Crippen LogP contribution in [0.25, 0.3) is 10.9 Å². The highest BCUT2D eigenvalue weighted by molar-refractivity contribution is 5.87. The van der Waals surface area contributed by atoms with Gasteiger partial charge in [-0.1, -0.05) is 18.2 Å². The average molecular weight is 350 g/mol. The molecule has 2 N–H and O–H groups in total. The van der Waals surface area contributed by atoms with Crippen LogP contribution in [-0.2, 0) is 6.54 Å². The molecule has 0 spiro atoms. The summed E-state index contributed by atoms with van der Waals surface area (Å²) >= 11 is 0. The number of nitrogens with zero attached hydrogens (tertiary/aromatic N) is 2. The van der Waals surface area contributed by atoms with Crippen LogP contribution in [0.1, 0.15) is 47.1 Å². The highest BCUT2D eigenvalue weighted by Crippen LogP contribution is 2.29. The topological polar surface area (TPSA) is 64.8 Å². The highest BCUT2D eigenvalue weighted by atomic mass is 16.1. The number of aryl methyl sites for hydroxylation is 3. The molecular formula is C21H26N4O. The first-order valence-corrected chi connectivity index (χ1v) is 9.38. The van der Waals surface area contributed by atoms with E-state index in [-0.39, 0.29) is 5.56 Å². The van der Waals surface area contributed by atoms with E-state index in [4.69, 9.17) is 0 Å². The van der Waals surface area contributed by atoms with Crippen molar-refractivity contribution in [3.05, 3.63) is 63.0 Å². The summed E-state index contributed by atoms with van der Waals surface area (Å²) in [6.07, 6.45) is 2.10. The monoisotopic (exact) mass is 350 g/mol. The summed E-state index contributed by atoms with van der Waals surface area (Å²) in [6.45, 7) is 9.20. The number of aromatic nitrogens is 3. The number of nitrogens with one attached hydrogen (secondary N) is 2. The number of fused-ring (bicyclic) bond motifs is 1. The molecule has 4 rings (SSSR count). The fraction of sp³-hybridized carbons (Fsp3) is 0.429. The van der Waals surface area contributed by atoms with Crippen LogP contribution in [0.2, 0.25) is 0 Å². The molecule has 1 saturated heterocycles. The Bertz CT molecular complexity index is 993. The Balaban J connectivity index is 1.47. The van der Waals surface area contributed by atoms with Gasteiger partial charge in [-0.25, -0.2) is 4.98 Å². The lowest BCUT2D eigenvalue weighted by molar-refractivity contribution is 0.203. The zero-order chi connectivity index (χ0) is 18.3. The summed E-state index contributed by atoms with van der Waals surface area (Å²) in [5.41, 5.74) is 6.14. The molecule has 1 aliphatic heterocycles. The minimum absolute atomic E-state index is 0.0425. The van der Waals surface area contributed by atoms with Gasteiger partial charge in [0, 0.05) is 29.6 Å². The first-order valence-electron chi connectivity index (χ1n) is 9.38. The number of aromatic amines is 2. The van der Waals surface area contributed by atoms with E-state index >= 15 is 0 Å². The molecule has 1 fully saturated rings. The maximum atomic E-state index is 11.7. The Kier molecular flexibility index (Phi) is 4.41. The Morgan fingerprint density at radius 2 is 1.92 bits per heavy atom. The van der Waals surface area contributed by atoms with Crippen molar-refractivity contribution in [3.8, 4) is 0 Å². The Hall–Kier alpha value is -2.40. The zero-order valence-corrected chi connectivity index (χ0v) is 15.7.